The monoisotopic (exact) mass is 337 g/mol. The van der Waals surface area contributed by atoms with Crippen LogP contribution in [-0.4, -0.2) is 36.5 Å². The number of rotatable bonds is 6. The summed E-state index contributed by atoms with van der Waals surface area (Å²) in [7, 11) is 4.86. The summed E-state index contributed by atoms with van der Waals surface area (Å²) in [5, 5.41) is 7.71. The normalized spacial score (nSPS) is 10.5. The van der Waals surface area contributed by atoms with Crippen molar-refractivity contribution in [3.05, 3.63) is 40.0 Å². The topological polar surface area (TPSA) is 65.4 Å². The number of benzene rings is 1. The zero-order valence-electron chi connectivity index (χ0n) is 13.6. The lowest BCUT2D eigenvalue weighted by Gasteiger charge is -2.10. The maximum absolute atomic E-state index is 12.4. The van der Waals surface area contributed by atoms with Crippen LogP contribution in [0.25, 0.3) is 0 Å². The van der Waals surface area contributed by atoms with Gasteiger partial charge in [-0.1, -0.05) is 11.6 Å². The first-order chi connectivity index (χ1) is 11.0. The summed E-state index contributed by atoms with van der Waals surface area (Å²) in [6, 6.07) is 5.42. The van der Waals surface area contributed by atoms with Gasteiger partial charge in [0.2, 0.25) is 5.88 Å². The lowest BCUT2D eigenvalue weighted by Crippen LogP contribution is -2.26. The van der Waals surface area contributed by atoms with E-state index in [2.05, 4.69) is 10.4 Å². The van der Waals surface area contributed by atoms with E-state index < -0.39 is 0 Å². The van der Waals surface area contributed by atoms with Crippen LogP contribution in [-0.2, 0) is 13.5 Å². The van der Waals surface area contributed by atoms with Crippen molar-refractivity contribution in [3.8, 4) is 11.6 Å². The van der Waals surface area contributed by atoms with Crippen LogP contribution in [0.5, 0.6) is 11.6 Å². The van der Waals surface area contributed by atoms with Gasteiger partial charge in [-0.15, -0.1) is 0 Å². The van der Waals surface area contributed by atoms with E-state index >= 15 is 0 Å². The van der Waals surface area contributed by atoms with Gasteiger partial charge in [-0.3, -0.25) is 4.79 Å². The minimum absolute atomic E-state index is 0.214. The molecule has 1 heterocycles. The van der Waals surface area contributed by atoms with Crippen molar-refractivity contribution in [2.75, 3.05) is 20.8 Å². The van der Waals surface area contributed by atoms with Crippen molar-refractivity contribution < 1.29 is 14.3 Å². The van der Waals surface area contributed by atoms with E-state index in [1.54, 1.807) is 31.8 Å². The highest BCUT2D eigenvalue weighted by atomic mass is 35.5. The highest BCUT2D eigenvalue weighted by Gasteiger charge is 2.20. The van der Waals surface area contributed by atoms with Crippen molar-refractivity contribution in [1.29, 1.82) is 0 Å². The Bertz CT molecular complexity index is 713. The van der Waals surface area contributed by atoms with Crippen LogP contribution < -0.4 is 14.8 Å². The number of ether oxygens (including phenoxy) is 2. The van der Waals surface area contributed by atoms with Crippen LogP contribution in [0.15, 0.2) is 18.2 Å². The summed E-state index contributed by atoms with van der Waals surface area (Å²) in [5.41, 5.74) is 2.02. The highest BCUT2D eigenvalue weighted by molar-refractivity contribution is 6.30. The number of carbonyl (C=O) groups excluding carboxylic acids is 1. The third-order valence-corrected chi connectivity index (χ3v) is 3.75. The fraction of sp³-hybridized carbons (Fsp3) is 0.375. The second-order valence-corrected chi connectivity index (χ2v) is 5.49. The third-order valence-electron chi connectivity index (χ3n) is 3.51. The predicted octanol–water partition coefficient (Wildman–Crippen LogP) is 2.37. The number of hydrogen-bond donors (Lipinski definition) is 1. The summed E-state index contributed by atoms with van der Waals surface area (Å²) < 4.78 is 12.1. The lowest BCUT2D eigenvalue weighted by molar-refractivity contribution is 0.0950. The number of halogens is 1. The average molecular weight is 338 g/mol. The molecule has 1 aromatic heterocycles. The van der Waals surface area contributed by atoms with Crippen LogP contribution >= 0.6 is 11.6 Å². The Morgan fingerprint density at radius 2 is 2.09 bits per heavy atom. The predicted molar refractivity (Wildman–Crippen MR) is 88.5 cm³/mol. The first kappa shape index (κ1) is 17.1. The molecule has 0 saturated carbocycles. The van der Waals surface area contributed by atoms with Gasteiger partial charge in [-0.2, -0.15) is 5.10 Å². The van der Waals surface area contributed by atoms with Crippen LogP contribution in [0.2, 0.25) is 5.02 Å². The molecule has 0 aliphatic rings. The van der Waals surface area contributed by atoms with E-state index in [4.69, 9.17) is 21.1 Å². The Morgan fingerprint density at radius 1 is 1.35 bits per heavy atom. The first-order valence-corrected chi connectivity index (χ1v) is 7.54. The number of aromatic nitrogens is 2. The third kappa shape index (κ3) is 3.76. The molecule has 1 N–H and O–H groups in total. The van der Waals surface area contributed by atoms with E-state index in [1.807, 2.05) is 12.1 Å². The molecular weight excluding hydrogens is 318 g/mol. The molecule has 0 unspecified atom stereocenters. The number of methoxy groups -OCH3 is 2. The largest absolute Gasteiger partial charge is 0.496 e. The zero-order valence-corrected chi connectivity index (χ0v) is 14.4. The molecule has 7 heteroatoms. The fourth-order valence-electron chi connectivity index (χ4n) is 2.47. The van der Waals surface area contributed by atoms with E-state index in [0.717, 1.165) is 11.3 Å². The molecule has 2 aromatic rings. The quantitative estimate of drug-likeness (QED) is 0.879. The van der Waals surface area contributed by atoms with Crippen molar-refractivity contribution in [2.24, 2.45) is 7.05 Å². The van der Waals surface area contributed by atoms with Gasteiger partial charge < -0.3 is 14.8 Å². The maximum Gasteiger partial charge on any atom is 0.258 e. The van der Waals surface area contributed by atoms with Crippen molar-refractivity contribution in [2.45, 2.75) is 13.3 Å². The van der Waals surface area contributed by atoms with E-state index in [-0.39, 0.29) is 5.91 Å². The van der Waals surface area contributed by atoms with E-state index in [9.17, 15) is 4.79 Å². The van der Waals surface area contributed by atoms with Crippen LogP contribution in [0.4, 0.5) is 0 Å². The summed E-state index contributed by atoms with van der Waals surface area (Å²) in [6.45, 7) is 2.23. The average Bonchev–Trinajstić information content (AvgIpc) is 2.81. The fourth-order valence-corrected chi connectivity index (χ4v) is 2.67. The number of nitrogens with zero attached hydrogens (tertiary/aromatic N) is 2. The molecular formula is C16H20ClN3O3. The van der Waals surface area contributed by atoms with E-state index in [1.165, 1.54) is 7.11 Å². The summed E-state index contributed by atoms with van der Waals surface area (Å²) in [5.74, 6) is 0.979. The van der Waals surface area contributed by atoms with Gasteiger partial charge >= 0.3 is 0 Å². The number of hydrogen-bond acceptors (Lipinski definition) is 4. The number of carbonyl (C=O) groups is 1. The maximum atomic E-state index is 12.4. The van der Waals surface area contributed by atoms with Crippen molar-refractivity contribution in [3.63, 3.8) is 0 Å². The molecule has 0 spiro atoms. The van der Waals surface area contributed by atoms with Crippen LogP contribution in [0.1, 0.15) is 21.6 Å². The molecule has 0 radical (unpaired) electrons. The number of aryl methyl sites for hydroxylation is 2. The van der Waals surface area contributed by atoms with Crippen LogP contribution in [0, 0.1) is 6.92 Å². The van der Waals surface area contributed by atoms with Gasteiger partial charge in [0.05, 0.1) is 19.9 Å². The molecule has 1 aromatic carbocycles. The number of nitrogens with one attached hydrogen (secondary N) is 1. The van der Waals surface area contributed by atoms with Crippen molar-refractivity contribution >= 4 is 17.5 Å². The first-order valence-electron chi connectivity index (χ1n) is 7.16. The molecule has 0 bridgehead atoms. The molecule has 0 saturated heterocycles. The Labute approximate surface area is 140 Å². The van der Waals surface area contributed by atoms with Crippen molar-refractivity contribution in [1.82, 2.24) is 15.1 Å². The Balaban J connectivity index is 2.05. The molecule has 2 rings (SSSR count). The Hall–Kier alpha value is -2.21. The van der Waals surface area contributed by atoms with Gasteiger partial charge in [-0.25, -0.2) is 4.68 Å². The van der Waals surface area contributed by atoms with Gasteiger partial charge in [0.25, 0.3) is 5.91 Å². The molecule has 23 heavy (non-hydrogen) atoms. The highest BCUT2D eigenvalue weighted by Crippen LogP contribution is 2.23. The Kier molecular flexibility index (Phi) is 5.50. The standard InChI is InChI=1S/C16H20ClN3O3/c1-10-14(16(23-4)20(2)19-10)15(21)18-8-7-11-9-12(17)5-6-13(11)22-3/h5-6,9H,7-8H2,1-4H3,(H,18,21). The molecule has 1 amide bonds. The van der Waals surface area contributed by atoms with E-state index in [0.29, 0.717) is 35.1 Å². The van der Waals surface area contributed by atoms with Gasteiger partial charge in [0.1, 0.15) is 11.3 Å². The SMILES string of the molecule is COc1ccc(Cl)cc1CCNC(=O)c1c(C)nn(C)c1OC. The zero-order chi connectivity index (χ0) is 17.0. The Morgan fingerprint density at radius 3 is 2.74 bits per heavy atom. The smallest absolute Gasteiger partial charge is 0.258 e. The summed E-state index contributed by atoms with van der Waals surface area (Å²) in [4.78, 5) is 12.4. The second kappa shape index (κ2) is 7.37. The molecule has 0 atom stereocenters. The minimum Gasteiger partial charge on any atom is -0.496 e. The van der Waals surface area contributed by atoms with Gasteiger partial charge in [-0.05, 0) is 37.1 Å². The molecule has 0 fully saturated rings. The molecule has 124 valence electrons. The lowest BCUT2D eigenvalue weighted by atomic mass is 10.1. The second-order valence-electron chi connectivity index (χ2n) is 5.06. The molecule has 6 nitrogen and oxygen atoms in total. The number of amides is 1. The molecule has 0 aliphatic carbocycles. The summed E-state index contributed by atoms with van der Waals surface area (Å²) in [6.07, 6.45) is 0.608. The van der Waals surface area contributed by atoms with Gasteiger partial charge in [0.15, 0.2) is 0 Å². The van der Waals surface area contributed by atoms with Gasteiger partial charge in [0, 0.05) is 18.6 Å². The van der Waals surface area contributed by atoms with Crippen LogP contribution in [0.3, 0.4) is 0 Å². The summed E-state index contributed by atoms with van der Waals surface area (Å²) >= 11 is 6.00. The molecule has 0 aliphatic heterocycles. The minimum atomic E-state index is -0.214.